The number of hydrogen-bond donors (Lipinski definition) is 1. The van der Waals surface area contributed by atoms with Crippen molar-refractivity contribution in [2.75, 3.05) is 7.11 Å². The molecular weight excluding hydrogens is 296 g/mol. The molecule has 0 saturated carbocycles. The Morgan fingerprint density at radius 3 is 2.89 bits per heavy atom. The van der Waals surface area contributed by atoms with Crippen molar-refractivity contribution >= 4 is 28.1 Å². The van der Waals surface area contributed by atoms with Crippen molar-refractivity contribution in [3.05, 3.63) is 28.2 Å². The molecule has 1 N–H and O–H groups in total. The van der Waals surface area contributed by atoms with Crippen molar-refractivity contribution in [3.63, 3.8) is 0 Å². The number of nitrogens with zero attached hydrogens (tertiary/aromatic N) is 1. The Hall–Kier alpha value is -1.36. The third kappa shape index (κ3) is 4.87. The minimum absolute atomic E-state index is 0.0878. The summed E-state index contributed by atoms with van der Waals surface area (Å²) in [4.78, 5) is 11.4. The number of ether oxygens (including phenoxy) is 1. The van der Waals surface area contributed by atoms with Crippen LogP contribution in [0.15, 0.2) is 27.8 Å². The monoisotopic (exact) mass is 312 g/mol. The van der Waals surface area contributed by atoms with E-state index >= 15 is 0 Å². The van der Waals surface area contributed by atoms with Gasteiger partial charge in [-0.05, 0) is 24.1 Å². The molecule has 1 aromatic rings. The first-order valence-electron chi connectivity index (χ1n) is 5.68. The molecule has 98 valence electrons. The molecule has 0 unspecified atom stereocenters. The number of hydrogen-bond acceptors (Lipinski definition) is 3. The lowest BCUT2D eigenvalue weighted by Crippen LogP contribution is -2.19. The van der Waals surface area contributed by atoms with Gasteiger partial charge in [-0.25, -0.2) is 5.43 Å². The second kappa shape index (κ2) is 7.16. The number of amides is 1. The lowest BCUT2D eigenvalue weighted by atomic mass is 10.1. The van der Waals surface area contributed by atoms with Gasteiger partial charge in [0.25, 0.3) is 0 Å². The zero-order valence-electron chi connectivity index (χ0n) is 10.7. The summed E-state index contributed by atoms with van der Waals surface area (Å²) in [6, 6.07) is 5.59. The number of rotatable bonds is 5. The fourth-order valence-corrected chi connectivity index (χ4v) is 1.78. The van der Waals surface area contributed by atoms with E-state index in [4.69, 9.17) is 4.74 Å². The van der Waals surface area contributed by atoms with Crippen molar-refractivity contribution in [1.82, 2.24) is 5.43 Å². The Kier molecular flexibility index (Phi) is 5.85. The van der Waals surface area contributed by atoms with Gasteiger partial charge in [0.1, 0.15) is 5.75 Å². The first-order valence-corrected chi connectivity index (χ1v) is 6.47. The predicted octanol–water partition coefficient (Wildman–Crippen LogP) is 2.95. The molecule has 1 rings (SSSR count). The minimum Gasteiger partial charge on any atom is -0.496 e. The highest BCUT2D eigenvalue weighted by Crippen LogP contribution is 2.21. The third-order valence-corrected chi connectivity index (χ3v) is 2.67. The van der Waals surface area contributed by atoms with Gasteiger partial charge in [0.15, 0.2) is 0 Å². The van der Waals surface area contributed by atoms with Crippen LogP contribution in [0.4, 0.5) is 0 Å². The van der Waals surface area contributed by atoms with E-state index in [0.717, 1.165) is 10.0 Å². The van der Waals surface area contributed by atoms with Crippen LogP contribution in [0.3, 0.4) is 0 Å². The molecule has 0 saturated heterocycles. The second-order valence-corrected chi connectivity index (χ2v) is 5.19. The van der Waals surface area contributed by atoms with Crippen molar-refractivity contribution < 1.29 is 9.53 Å². The standard InChI is InChI=1S/C13H17BrN2O2/c1-9(2)6-13(17)16-15-8-10-7-11(14)4-5-12(10)18-3/h4-5,7-9H,6H2,1-3H3,(H,16,17)/b15-8+. The molecule has 0 radical (unpaired) electrons. The smallest absolute Gasteiger partial charge is 0.240 e. The Morgan fingerprint density at radius 2 is 2.28 bits per heavy atom. The van der Waals surface area contributed by atoms with E-state index in [1.807, 2.05) is 32.0 Å². The summed E-state index contributed by atoms with van der Waals surface area (Å²) >= 11 is 3.37. The van der Waals surface area contributed by atoms with Gasteiger partial charge in [0.05, 0.1) is 13.3 Å². The molecule has 0 spiro atoms. The maximum atomic E-state index is 11.4. The van der Waals surface area contributed by atoms with Gasteiger partial charge in [0.2, 0.25) is 5.91 Å². The number of halogens is 1. The summed E-state index contributed by atoms with van der Waals surface area (Å²) in [5.41, 5.74) is 3.30. The van der Waals surface area contributed by atoms with Crippen LogP contribution in [-0.2, 0) is 4.79 Å². The summed E-state index contributed by atoms with van der Waals surface area (Å²) in [7, 11) is 1.60. The lowest BCUT2D eigenvalue weighted by Gasteiger charge is -2.05. The molecule has 0 fully saturated rings. The van der Waals surface area contributed by atoms with Crippen LogP contribution in [0.1, 0.15) is 25.8 Å². The lowest BCUT2D eigenvalue weighted by molar-refractivity contribution is -0.121. The molecule has 0 aromatic heterocycles. The van der Waals surface area contributed by atoms with Gasteiger partial charge >= 0.3 is 0 Å². The number of methoxy groups -OCH3 is 1. The van der Waals surface area contributed by atoms with Crippen molar-refractivity contribution in [2.24, 2.45) is 11.0 Å². The SMILES string of the molecule is COc1ccc(Br)cc1/C=N/NC(=O)CC(C)C. The van der Waals surface area contributed by atoms with Gasteiger partial charge in [-0.2, -0.15) is 5.10 Å². The Balaban J connectivity index is 2.66. The van der Waals surface area contributed by atoms with E-state index < -0.39 is 0 Å². The van der Waals surface area contributed by atoms with Crippen LogP contribution < -0.4 is 10.2 Å². The first-order chi connectivity index (χ1) is 8.52. The molecule has 5 heteroatoms. The molecule has 4 nitrogen and oxygen atoms in total. The zero-order chi connectivity index (χ0) is 13.5. The number of hydrazone groups is 1. The van der Waals surface area contributed by atoms with Gasteiger partial charge in [0, 0.05) is 16.5 Å². The quantitative estimate of drug-likeness (QED) is 0.671. The fraction of sp³-hybridized carbons (Fsp3) is 0.385. The van der Waals surface area contributed by atoms with E-state index in [1.165, 1.54) is 0 Å². The molecule has 0 aliphatic carbocycles. The predicted molar refractivity (Wildman–Crippen MR) is 75.9 cm³/mol. The highest BCUT2D eigenvalue weighted by atomic mass is 79.9. The van der Waals surface area contributed by atoms with Crippen LogP contribution in [0.25, 0.3) is 0 Å². The van der Waals surface area contributed by atoms with Crippen molar-refractivity contribution in [1.29, 1.82) is 0 Å². The molecule has 0 bridgehead atoms. The number of carbonyl (C=O) groups excluding carboxylic acids is 1. The molecule has 1 amide bonds. The Labute approximate surface area is 116 Å². The summed E-state index contributed by atoms with van der Waals surface area (Å²) in [5.74, 6) is 0.941. The largest absolute Gasteiger partial charge is 0.496 e. The van der Waals surface area contributed by atoms with Crippen LogP contribution >= 0.6 is 15.9 Å². The van der Waals surface area contributed by atoms with Gasteiger partial charge in [-0.15, -0.1) is 0 Å². The highest BCUT2D eigenvalue weighted by Gasteiger charge is 2.03. The molecule has 18 heavy (non-hydrogen) atoms. The fourth-order valence-electron chi connectivity index (χ4n) is 1.40. The number of carbonyl (C=O) groups is 1. The molecule has 0 aliphatic rings. The van der Waals surface area contributed by atoms with Crippen molar-refractivity contribution in [3.8, 4) is 5.75 Å². The van der Waals surface area contributed by atoms with Crippen LogP contribution in [0.5, 0.6) is 5.75 Å². The third-order valence-electron chi connectivity index (χ3n) is 2.18. The normalized spacial score (nSPS) is 10.9. The van der Waals surface area contributed by atoms with Crippen molar-refractivity contribution in [2.45, 2.75) is 20.3 Å². The van der Waals surface area contributed by atoms with E-state index in [-0.39, 0.29) is 5.91 Å². The van der Waals surface area contributed by atoms with Crippen LogP contribution in [0, 0.1) is 5.92 Å². The minimum atomic E-state index is -0.0878. The Bertz CT molecular complexity index is 445. The summed E-state index contributed by atoms with van der Waals surface area (Å²) < 4.78 is 6.13. The molecule has 1 aromatic carbocycles. The summed E-state index contributed by atoms with van der Waals surface area (Å²) in [6.07, 6.45) is 2.04. The number of benzene rings is 1. The summed E-state index contributed by atoms with van der Waals surface area (Å²) in [5, 5.41) is 3.92. The van der Waals surface area contributed by atoms with Gasteiger partial charge in [-0.3, -0.25) is 4.79 Å². The molecule has 0 aliphatic heterocycles. The highest BCUT2D eigenvalue weighted by molar-refractivity contribution is 9.10. The van der Waals surface area contributed by atoms with E-state index in [9.17, 15) is 4.79 Å². The Morgan fingerprint density at radius 1 is 1.56 bits per heavy atom. The van der Waals surface area contributed by atoms with Crippen LogP contribution in [0.2, 0.25) is 0 Å². The van der Waals surface area contributed by atoms with Gasteiger partial charge < -0.3 is 4.74 Å². The molecular formula is C13H17BrN2O2. The molecule has 0 atom stereocenters. The van der Waals surface area contributed by atoms with E-state index in [2.05, 4.69) is 26.5 Å². The first kappa shape index (κ1) is 14.7. The maximum absolute atomic E-state index is 11.4. The van der Waals surface area contributed by atoms with E-state index in [1.54, 1.807) is 13.3 Å². The van der Waals surface area contributed by atoms with E-state index in [0.29, 0.717) is 18.1 Å². The molecule has 0 heterocycles. The van der Waals surface area contributed by atoms with Crippen LogP contribution in [-0.4, -0.2) is 19.2 Å². The average Bonchev–Trinajstić information content (AvgIpc) is 2.28. The topological polar surface area (TPSA) is 50.7 Å². The number of nitrogens with one attached hydrogen (secondary N) is 1. The zero-order valence-corrected chi connectivity index (χ0v) is 12.3. The maximum Gasteiger partial charge on any atom is 0.240 e. The van der Waals surface area contributed by atoms with Gasteiger partial charge in [-0.1, -0.05) is 29.8 Å². The summed E-state index contributed by atoms with van der Waals surface area (Å²) in [6.45, 7) is 3.97. The second-order valence-electron chi connectivity index (χ2n) is 4.28. The average molecular weight is 313 g/mol.